The van der Waals surface area contributed by atoms with Crippen LogP contribution >= 0.6 is 0 Å². The van der Waals surface area contributed by atoms with Crippen LogP contribution in [-0.4, -0.2) is 20.8 Å². The van der Waals surface area contributed by atoms with Gasteiger partial charge < -0.3 is 15.2 Å². The van der Waals surface area contributed by atoms with Crippen molar-refractivity contribution >= 4 is 0 Å². The van der Waals surface area contributed by atoms with E-state index in [4.69, 9.17) is 15.2 Å². The molecule has 1 aromatic rings. The third-order valence-corrected chi connectivity index (χ3v) is 4.26. The Hall–Kier alpha value is -1.22. The Kier molecular flexibility index (Phi) is 3.81. The maximum absolute atomic E-state index is 6.04. The highest BCUT2D eigenvalue weighted by Gasteiger charge is 2.41. The van der Waals surface area contributed by atoms with Gasteiger partial charge in [-0.3, -0.25) is 0 Å². The highest BCUT2D eigenvalue weighted by molar-refractivity contribution is 5.53. The normalized spacial score (nSPS) is 17.1. The standard InChI is InChI=1S/C15H23NO2/c1-4-11-12(17-2)6-7-13(18-3)14(11)15(10-16)8-5-9-15/h6-7H,4-5,8-10,16H2,1-3H3. The number of rotatable bonds is 5. The molecule has 3 heteroatoms. The Morgan fingerprint density at radius 3 is 2.17 bits per heavy atom. The molecule has 0 bridgehead atoms. The van der Waals surface area contributed by atoms with Gasteiger partial charge in [-0.05, 0) is 31.4 Å². The van der Waals surface area contributed by atoms with Gasteiger partial charge >= 0.3 is 0 Å². The highest BCUT2D eigenvalue weighted by atomic mass is 16.5. The van der Waals surface area contributed by atoms with Gasteiger partial charge in [0, 0.05) is 23.1 Å². The number of nitrogens with two attached hydrogens (primary N) is 1. The van der Waals surface area contributed by atoms with Gasteiger partial charge in [-0.2, -0.15) is 0 Å². The van der Waals surface area contributed by atoms with Crippen LogP contribution < -0.4 is 15.2 Å². The number of hydrogen-bond acceptors (Lipinski definition) is 3. The van der Waals surface area contributed by atoms with Crippen LogP contribution in [0.25, 0.3) is 0 Å². The smallest absolute Gasteiger partial charge is 0.123 e. The Bertz CT molecular complexity index is 419. The van der Waals surface area contributed by atoms with Crippen LogP contribution in [0.15, 0.2) is 12.1 Å². The number of benzene rings is 1. The topological polar surface area (TPSA) is 44.5 Å². The molecule has 0 aromatic heterocycles. The lowest BCUT2D eigenvalue weighted by molar-refractivity contribution is 0.240. The highest BCUT2D eigenvalue weighted by Crippen LogP contribution is 2.49. The first-order valence-corrected chi connectivity index (χ1v) is 6.66. The van der Waals surface area contributed by atoms with E-state index in [9.17, 15) is 0 Å². The molecule has 1 aliphatic rings. The molecule has 0 amide bonds. The van der Waals surface area contributed by atoms with Crippen LogP contribution in [-0.2, 0) is 11.8 Å². The summed E-state index contributed by atoms with van der Waals surface area (Å²) in [6.45, 7) is 2.84. The summed E-state index contributed by atoms with van der Waals surface area (Å²) in [7, 11) is 3.45. The minimum absolute atomic E-state index is 0.102. The molecule has 0 atom stereocenters. The second-order valence-corrected chi connectivity index (χ2v) is 5.02. The summed E-state index contributed by atoms with van der Waals surface area (Å²) < 4.78 is 11.0. The summed E-state index contributed by atoms with van der Waals surface area (Å²) in [4.78, 5) is 0. The number of methoxy groups -OCH3 is 2. The molecule has 1 saturated carbocycles. The van der Waals surface area contributed by atoms with E-state index in [2.05, 4.69) is 6.92 Å². The average Bonchev–Trinajstić information content (AvgIpc) is 2.37. The van der Waals surface area contributed by atoms with Crippen LogP contribution in [0.4, 0.5) is 0 Å². The molecule has 18 heavy (non-hydrogen) atoms. The van der Waals surface area contributed by atoms with Crippen molar-refractivity contribution in [2.75, 3.05) is 20.8 Å². The van der Waals surface area contributed by atoms with Gasteiger partial charge in [-0.15, -0.1) is 0 Å². The summed E-state index contributed by atoms with van der Waals surface area (Å²) in [6.07, 6.45) is 4.50. The van der Waals surface area contributed by atoms with E-state index >= 15 is 0 Å². The van der Waals surface area contributed by atoms with Gasteiger partial charge in [0.2, 0.25) is 0 Å². The zero-order valence-electron chi connectivity index (χ0n) is 11.6. The monoisotopic (exact) mass is 249 g/mol. The third-order valence-electron chi connectivity index (χ3n) is 4.26. The fourth-order valence-electron chi connectivity index (χ4n) is 3.06. The maximum Gasteiger partial charge on any atom is 0.123 e. The fraction of sp³-hybridized carbons (Fsp3) is 0.600. The molecule has 100 valence electrons. The van der Waals surface area contributed by atoms with Crippen molar-refractivity contribution in [1.82, 2.24) is 0 Å². The minimum atomic E-state index is 0.102. The van der Waals surface area contributed by atoms with Crippen molar-refractivity contribution in [3.05, 3.63) is 23.3 Å². The van der Waals surface area contributed by atoms with Gasteiger partial charge in [-0.1, -0.05) is 13.3 Å². The van der Waals surface area contributed by atoms with Crippen LogP contribution in [0.5, 0.6) is 11.5 Å². The van der Waals surface area contributed by atoms with E-state index in [0.29, 0.717) is 6.54 Å². The first kappa shape index (κ1) is 13.2. The van der Waals surface area contributed by atoms with Crippen LogP contribution in [0.3, 0.4) is 0 Å². The Morgan fingerprint density at radius 1 is 1.17 bits per heavy atom. The molecule has 0 unspecified atom stereocenters. The predicted octanol–water partition coefficient (Wildman–Crippen LogP) is 2.65. The Balaban J connectivity index is 2.60. The van der Waals surface area contributed by atoms with Crippen LogP contribution in [0.2, 0.25) is 0 Å². The molecule has 0 heterocycles. The zero-order valence-corrected chi connectivity index (χ0v) is 11.6. The van der Waals surface area contributed by atoms with Crippen LogP contribution in [0.1, 0.15) is 37.3 Å². The number of ether oxygens (including phenoxy) is 2. The van der Waals surface area contributed by atoms with Gasteiger partial charge in [0.25, 0.3) is 0 Å². The van der Waals surface area contributed by atoms with E-state index in [1.54, 1.807) is 14.2 Å². The lowest BCUT2D eigenvalue weighted by atomic mass is 9.63. The Labute approximate surface area is 109 Å². The Morgan fingerprint density at radius 2 is 1.78 bits per heavy atom. The summed E-state index contributed by atoms with van der Waals surface area (Å²) in [6, 6.07) is 3.99. The molecule has 2 N–H and O–H groups in total. The summed E-state index contributed by atoms with van der Waals surface area (Å²) in [5.41, 5.74) is 8.68. The van der Waals surface area contributed by atoms with E-state index in [-0.39, 0.29) is 5.41 Å². The van der Waals surface area contributed by atoms with E-state index < -0.39 is 0 Å². The van der Waals surface area contributed by atoms with Gasteiger partial charge in [-0.25, -0.2) is 0 Å². The van der Waals surface area contributed by atoms with Crippen molar-refractivity contribution in [3.63, 3.8) is 0 Å². The lowest BCUT2D eigenvalue weighted by Gasteiger charge is -2.43. The number of hydrogen-bond donors (Lipinski definition) is 1. The molecule has 0 spiro atoms. The predicted molar refractivity (Wildman–Crippen MR) is 73.5 cm³/mol. The molecule has 3 nitrogen and oxygen atoms in total. The minimum Gasteiger partial charge on any atom is -0.496 e. The molecular formula is C15H23NO2. The zero-order chi connectivity index (χ0) is 13.2. The largest absolute Gasteiger partial charge is 0.496 e. The van der Waals surface area contributed by atoms with Gasteiger partial charge in [0.05, 0.1) is 14.2 Å². The summed E-state index contributed by atoms with van der Waals surface area (Å²) in [5.74, 6) is 1.91. The maximum atomic E-state index is 6.04. The second kappa shape index (κ2) is 5.19. The summed E-state index contributed by atoms with van der Waals surface area (Å²) >= 11 is 0. The van der Waals surface area contributed by atoms with Crippen molar-refractivity contribution in [3.8, 4) is 11.5 Å². The van der Waals surface area contributed by atoms with Crippen molar-refractivity contribution in [2.45, 2.75) is 38.0 Å². The second-order valence-electron chi connectivity index (χ2n) is 5.02. The van der Waals surface area contributed by atoms with E-state index in [1.807, 2.05) is 12.1 Å². The SMILES string of the molecule is CCc1c(OC)ccc(OC)c1C1(CN)CCC1. The third kappa shape index (κ3) is 1.87. The van der Waals surface area contributed by atoms with E-state index in [1.165, 1.54) is 17.5 Å². The van der Waals surface area contributed by atoms with Gasteiger partial charge in [0.15, 0.2) is 0 Å². The van der Waals surface area contributed by atoms with Gasteiger partial charge in [0.1, 0.15) is 11.5 Å². The van der Waals surface area contributed by atoms with E-state index in [0.717, 1.165) is 30.8 Å². The molecule has 1 aromatic carbocycles. The molecular weight excluding hydrogens is 226 g/mol. The molecule has 0 saturated heterocycles. The van der Waals surface area contributed by atoms with Crippen molar-refractivity contribution < 1.29 is 9.47 Å². The molecule has 0 aliphatic heterocycles. The molecule has 0 radical (unpaired) electrons. The molecule has 1 fully saturated rings. The quantitative estimate of drug-likeness (QED) is 0.872. The lowest BCUT2D eigenvalue weighted by Crippen LogP contribution is -2.42. The average molecular weight is 249 g/mol. The first-order valence-electron chi connectivity index (χ1n) is 6.66. The van der Waals surface area contributed by atoms with Crippen molar-refractivity contribution in [1.29, 1.82) is 0 Å². The fourth-order valence-corrected chi connectivity index (χ4v) is 3.06. The molecule has 1 aliphatic carbocycles. The molecule has 2 rings (SSSR count). The summed E-state index contributed by atoms with van der Waals surface area (Å²) in [5, 5.41) is 0. The first-order chi connectivity index (χ1) is 8.72. The van der Waals surface area contributed by atoms with Crippen LogP contribution in [0, 0.1) is 0 Å². The van der Waals surface area contributed by atoms with Crippen molar-refractivity contribution in [2.24, 2.45) is 5.73 Å².